The second-order valence-electron chi connectivity index (χ2n) is 5.07. The van der Waals surface area contributed by atoms with Crippen molar-refractivity contribution in [2.24, 2.45) is 5.92 Å². The van der Waals surface area contributed by atoms with Crippen LogP contribution in [0.2, 0.25) is 0 Å². The normalized spacial score (nSPS) is 11.4. The van der Waals surface area contributed by atoms with E-state index in [9.17, 15) is 5.11 Å². The molecule has 0 unspecified atom stereocenters. The molecule has 0 fully saturated rings. The molecule has 0 radical (unpaired) electrons. The second kappa shape index (κ2) is 5.40. The van der Waals surface area contributed by atoms with E-state index in [-0.39, 0.29) is 6.61 Å². The first-order valence-electron chi connectivity index (χ1n) is 6.41. The number of hydrogen-bond donors (Lipinski definition) is 1. The van der Waals surface area contributed by atoms with Crippen molar-refractivity contribution in [2.75, 3.05) is 18.5 Å². The molecule has 0 aliphatic heterocycles. The van der Waals surface area contributed by atoms with Crippen LogP contribution in [-0.2, 0) is 6.61 Å². The van der Waals surface area contributed by atoms with Gasteiger partial charge in [0.25, 0.3) is 0 Å². The average molecular weight is 247 g/mol. The van der Waals surface area contributed by atoms with Gasteiger partial charge in [-0.3, -0.25) is 4.40 Å². The largest absolute Gasteiger partial charge is 0.390 e. The van der Waals surface area contributed by atoms with Crippen LogP contribution >= 0.6 is 0 Å². The Bertz CT molecular complexity index is 519. The minimum atomic E-state index is 0.00648. The molecule has 0 saturated heterocycles. The summed E-state index contributed by atoms with van der Waals surface area (Å²) >= 11 is 0. The van der Waals surface area contributed by atoms with Crippen molar-refractivity contribution in [1.29, 1.82) is 0 Å². The number of aliphatic hydroxyl groups excluding tert-OH is 1. The molecule has 0 aromatic carbocycles. The molecule has 0 atom stereocenters. The average Bonchev–Trinajstić information content (AvgIpc) is 2.74. The summed E-state index contributed by atoms with van der Waals surface area (Å²) in [4.78, 5) is 6.71. The molecule has 2 aromatic heterocycles. The summed E-state index contributed by atoms with van der Waals surface area (Å²) in [6.45, 7) is 5.38. The van der Waals surface area contributed by atoms with Gasteiger partial charge in [-0.05, 0) is 24.5 Å². The molecule has 2 heterocycles. The summed E-state index contributed by atoms with van der Waals surface area (Å²) in [5.41, 5.74) is 1.74. The van der Waals surface area contributed by atoms with Crippen molar-refractivity contribution in [3.63, 3.8) is 0 Å². The van der Waals surface area contributed by atoms with E-state index in [1.807, 2.05) is 35.8 Å². The number of hydrogen-bond acceptors (Lipinski definition) is 3. The number of anilines is 1. The Kier molecular flexibility index (Phi) is 3.87. The highest BCUT2D eigenvalue weighted by molar-refractivity contribution is 5.55. The maximum Gasteiger partial charge on any atom is 0.153 e. The minimum absolute atomic E-state index is 0.00648. The van der Waals surface area contributed by atoms with Crippen LogP contribution in [0.25, 0.3) is 5.65 Å². The van der Waals surface area contributed by atoms with Crippen molar-refractivity contribution in [2.45, 2.75) is 26.9 Å². The molecule has 2 aromatic rings. The number of rotatable bonds is 5. The molecule has 0 amide bonds. The number of pyridine rings is 1. The van der Waals surface area contributed by atoms with Crippen molar-refractivity contribution < 1.29 is 5.11 Å². The Morgan fingerprint density at radius 3 is 2.83 bits per heavy atom. The lowest BCUT2D eigenvalue weighted by atomic mass is 10.1. The van der Waals surface area contributed by atoms with E-state index >= 15 is 0 Å². The third kappa shape index (κ3) is 2.48. The number of aliphatic hydroxyl groups is 1. The van der Waals surface area contributed by atoms with Crippen LogP contribution in [0, 0.1) is 5.92 Å². The van der Waals surface area contributed by atoms with Gasteiger partial charge < -0.3 is 10.0 Å². The van der Waals surface area contributed by atoms with Gasteiger partial charge in [-0.15, -0.1) is 0 Å². The predicted octanol–water partition coefficient (Wildman–Crippen LogP) is 2.31. The molecule has 1 N–H and O–H groups in total. The second-order valence-corrected chi connectivity index (χ2v) is 5.07. The van der Waals surface area contributed by atoms with Gasteiger partial charge in [-0.1, -0.05) is 19.9 Å². The Morgan fingerprint density at radius 1 is 1.39 bits per heavy atom. The van der Waals surface area contributed by atoms with Crippen molar-refractivity contribution >= 4 is 11.5 Å². The molecule has 18 heavy (non-hydrogen) atoms. The predicted molar refractivity (Wildman–Crippen MR) is 73.8 cm³/mol. The molecule has 0 aliphatic rings. The first kappa shape index (κ1) is 12.9. The third-order valence-electron chi connectivity index (χ3n) is 3.16. The SMILES string of the molecule is CC(C)CCN(C)c1nc2ccccn2c1CO. The molecule has 4 nitrogen and oxygen atoms in total. The van der Waals surface area contributed by atoms with Crippen LogP contribution in [-0.4, -0.2) is 28.1 Å². The van der Waals surface area contributed by atoms with E-state index in [4.69, 9.17) is 0 Å². The summed E-state index contributed by atoms with van der Waals surface area (Å²) < 4.78 is 1.95. The summed E-state index contributed by atoms with van der Waals surface area (Å²) in [5.74, 6) is 1.55. The first-order valence-corrected chi connectivity index (χ1v) is 6.41. The molecular formula is C14H21N3O. The van der Waals surface area contributed by atoms with Gasteiger partial charge in [0, 0.05) is 19.8 Å². The molecule has 98 valence electrons. The lowest BCUT2D eigenvalue weighted by molar-refractivity contribution is 0.276. The smallest absolute Gasteiger partial charge is 0.153 e. The molecule has 0 bridgehead atoms. The van der Waals surface area contributed by atoms with Crippen molar-refractivity contribution in [1.82, 2.24) is 9.38 Å². The number of nitrogens with zero attached hydrogens (tertiary/aromatic N) is 3. The molecule has 0 saturated carbocycles. The van der Waals surface area contributed by atoms with Crippen LogP contribution in [0.15, 0.2) is 24.4 Å². The van der Waals surface area contributed by atoms with Crippen LogP contribution in [0.5, 0.6) is 0 Å². The Morgan fingerprint density at radius 2 is 2.17 bits per heavy atom. The summed E-state index contributed by atoms with van der Waals surface area (Å²) in [7, 11) is 2.03. The topological polar surface area (TPSA) is 40.8 Å². The molecule has 2 rings (SSSR count). The monoisotopic (exact) mass is 247 g/mol. The summed E-state index contributed by atoms with van der Waals surface area (Å²) in [6.07, 6.45) is 3.06. The quantitative estimate of drug-likeness (QED) is 0.881. The third-order valence-corrected chi connectivity index (χ3v) is 3.16. The van der Waals surface area contributed by atoms with Crippen LogP contribution < -0.4 is 4.90 Å². The molecular weight excluding hydrogens is 226 g/mol. The fourth-order valence-electron chi connectivity index (χ4n) is 2.04. The van der Waals surface area contributed by atoms with Crippen molar-refractivity contribution in [3.8, 4) is 0 Å². The van der Waals surface area contributed by atoms with Gasteiger partial charge in [0.2, 0.25) is 0 Å². The zero-order chi connectivity index (χ0) is 13.1. The van der Waals surface area contributed by atoms with Gasteiger partial charge in [-0.2, -0.15) is 0 Å². The maximum absolute atomic E-state index is 9.54. The van der Waals surface area contributed by atoms with Gasteiger partial charge >= 0.3 is 0 Å². The van der Waals surface area contributed by atoms with E-state index in [1.165, 1.54) is 0 Å². The van der Waals surface area contributed by atoms with Crippen LogP contribution in [0.3, 0.4) is 0 Å². The maximum atomic E-state index is 9.54. The molecule has 0 aliphatic carbocycles. The Labute approximate surface area is 108 Å². The lowest BCUT2D eigenvalue weighted by Crippen LogP contribution is -2.21. The van der Waals surface area contributed by atoms with E-state index in [2.05, 4.69) is 23.7 Å². The van der Waals surface area contributed by atoms with Crippen LogP contribution in [0.1, 0.15) is 26.0 Å². The van der Waals surface area contributed by atoms with Gasteiger partial charge in [0.1, 0.15) is 5.65 Å². The van der Waals surface area contributed by atoms with E-state index in [1.54, 1.807) is 0 Å². The van der Waals surface area contributed by atoms with E-state index in [0.717, 1.165) is 30.1 Å². The number of aromatic nitrogens is 2. The van der Waals surface area contributed by atoms with Gasteiger partial charge in [0.15, 0.2) is 5.82 Å². The Balaban J connectivity index is 2.31. The van der Waals surface area contributed by atoms with E-state index in [0.29, 0.717) is 5.92 Å². The number of imidazole rings is 1. The fraction of sp³-hybridized carbons (Fsp3) is 0.500. The first-order chi connectivity index (χ1) is 8.63. The van der Waals surface area contributed by atoms with Crippen LogP contribution in [0.4, 0.5) is 5.82 Å². The summed E-state index contributed by atoms with van der Waals surface area (Å²) in [5, 5.41) is 9.54. The number of fused-ring (bicyclic) bond motifs is 1. The lowest BCUT2D eigenvalue weighted by Gasteiger charge is -2.18. The Hall–Kier alpha value is -1.55. The minimum Gasteiger partial charge on any atom is -0.390 e. The van der Waals surface area contributed by atoms with E-state index < -0.39 is 0 Å². The van der Waals surface area contributed by atoms with Gasteiger partial charge in [-0.25, -0.2) is 4.98 Å². The highest BCUT2D eigenvalue weighted by atomic mass is 16.3. The molecule has 0 spiro atoms. The highest BCUT2D eigenvalue weighted by Gasteiger charge is 2.14. The zero-order valence-corrected chi connectivity index (χ0v) is 11.3. The summed E-state index contributed by atoms with van der Waals surface area (Å²) in [6, 6.07) is 5.87. The molecule has 4 heteroatoms. The zero-order valence-electron chi connectivity index (χ0n) is 11.3. The fourth-order valence-corrected chi connectivity index (χ4v) is 2.04. The van der Waals surface area contributed by atoms with Gasteiger partial charge in [0.05, 0.1) is 12.3 Å². The van der Waals surface area contributed by atoms with Crippen molar-refractivity contribution in [3.05, 3.63) is 30.1 Å². The standard InChI is InChI=1S/C14H21N3O/c1-11(2)7-9-16(3)14-12(10-18)17-8-5-4-6-13(17)15-14/h4-6,8,11,18H,7,9-10H2,1-3H3. The highest BCUT2D eigenvalue weighted by Crippen LogP contribution is 2.21.